The van der Waals surface area contributed by atoms with Gasteiger partial charge in [0.25, 0.3) is 11.8 Å². The fraction of sp³-hybridized carbons (Fsp3) is 0.286. The molecule has 1 aromatic carbocycles. The van der Waals surface area contributed by atoms with E-state index in [1.807, 2.05) is 36.4 Å². The van der Waals surface area contributed by atoms with E-state index in [0.29, 0.717) is 36.7 Å². The molecule has 2 amide bonds. The number of para-hydroxylation sites is 1. The van der Waals surface area contributed by atoms with Gasteiger partial charge in [0, 0.05) is 11.8 Å². The normalized spacial score (nSPS) is 22.0. The van der Waals surface area contributed by atoms with Crippen LogP contribution in [0.1, 0.15) is 24.0 Å². The number of carbonyl (C=O) groups is 2. The third-order valence-corrected chi connectivity index (χ3v) is 5.36. The van der Waals surface area contributed by atoms with E-state index >= 15 is 0 Å². The maximum absolute atomic E-state index is 13.1. The predicted molar refractivity (Wildman–Crippen MR) is 104 cm³/mol. The molecule has 148 valence electrons. The Kier molecular flexibility index (Phi) is 4.40. The van der Waals surface area contributed by atoms with Crippen LogP contribution in [0.2, 0.25) is 0 Å². The zero-order valence-electron chi connectivity index (χ0n) is 15.8. The van der Waals surface area contributed by atoms with Gasteiger partial charge in [-0.2, -0.15) is 5.10 Å². The maximum atomic E-state index is 13.1. The first-order valence-electron chi connectivity index (χ1n) is 9.69. The van der Waals surface area contributed by atoms with E-state index in [9.17, 15) is 9.59 Å². The molecule has 4 heterocycles. The van der Waals surface area contributed by atoms with E-state index in [2.05, 4.69) is 10.4 Å². The van der Waals surface area contributed by atoms with Crippen molar-refractivity contribution in [3.05, 3.63) is 60.2 Å². The van der Waals surface area contributed by atoms with Gasteiger partial charge in [0.05, 0.1) is 19.4 Å². The van der Waals surface area contributed by atoms with Crippen LogP contribution in [0.25, 0.3) is 11.0 Å². The zero-order valence-corrected chi connectivity index (χ0v) is 15.8. The summed E-state index contributed by atoms with van der Waals surface area (Å²) in [7, 11) is 0. The van der Waals surface area contributed by atoms with Crippen molar-refractivity contribution in [2.45, 2.75) is 12.5 Å². The number of hydrogen-bond donors (Lipinski definition) is 2. The number of amides is 2. The molecule has 2 aromatic heterocycles. The Bertz CT molecular complexity index is 1050. The molecule has 1 fully saturated rings. The van der Waals surface area contributed by atoms with E-state index < -0.39 is 0 Å². The highest BCUT2D eigenvalue weighted by molar-refractivity contribution is 6.03. The summed E-state index contributed by atoms with van der Waals surface area (Å²) >= 11 is 0. The number of rotatable bonds is 4. The molecule has 5 rings (SSSR count). The number of hydrogen-bond acceptors (Lipinski definition) is 5. The van der Waals surface area contributed by atoms with Crippen molar-refractivity contribution in [3.8, 4) is 0 Å². The van der Waals surface area contributed by atoms with E-state index in [0.717, 1.165) is 22.4 Å². The molecule has 2 aliphatic rings. The topological polar surface area (TPSA) is 92.5 Å². The van der Waals surface area contributed by atoms with Gasteiger partial charge in [-0.1, -0.05) is 18.2 Å². The van der Waals surface area contributed by atoms with E-state index in [1.54, 1.807) is 12.3 Å². The van der Waals surface area contributed by atoms with Gasteiger partial charge in [-0.25, -0.2) is 5.01 Å². The number of piperazine rings is 1. The number of quaternary nitrogens is 1. The molecule has 3 aromatic rings. The van der Waals surface area contributed by atoms with Crippen LogP contribution < -0.4 is 10.2 Å². The molecule has 0 bridgehead atoms. The molecule has 2 atom stereocenters. The van der Waals surface area contributed by atoms with E-state index in [-0.39, 0.29) is 24.4 Å². The van der Waals surface area contributed by atoms with Crippen LogP contribution in [0.4, 0.5) is 0 Å². The average molecular weight is 393 g/mol. The van der Waals surface area contributed by atoms with Crippen molar-refractivity contribution in [1.82, 2.24) is 10.3 Å². The molecule has 8 nitrogen and oxygen atoms in total. The van der Waals surface area contributed by atoms with Gasteiger partial charge in [-0.3, -0.25) is 9.59 Å². The summed E-state index contributed by atoms with van der Waals surface area (Å²) in [6.07, 6.45) is 2.10. The highest BCUT2D eigenvalue weighted by Crippen LogP contribution is 2.34. The first kappa shape index (κ1) is 17.7. The molecular weight excluding hydrogens is 372 g/mol. The molecule has 2 N–H and O–H groups in total. The van der Waals surface area contributed by atoms with Gasteiger partial charge in [0.15, 0.2) is 18.8 Å². The van der Waals surface area contributed by atoms with Crippen molar-refractivity contribution in [1.29, 1.82) is 0 Å². The smallest absolute Gasteiger partial charge is 0.298 e. The number of carbonyl (C=O) groups excluding carboxylic acids is 2. The molecule has 1 saturated heterocycles. The zero-order chi connectivity index (χ0) is 19.8. The van der Waals surface area contributed by atoms with Crippen LogP contribution in [0, 0.1) is 0 Å². The van der Waals surface area contributed by atoms with Crippen molar-refractivity contribution < 1.29 is 23.3 Å². The van der Waals surface area contributed by atoms with Crippen LogP contribution in [-0.2, 0) is 9.59 Å². The van der Waals surface area contributed by atoms with Crippen molar-refractivity contribution in [2.75, 3.05) is 26.2 Å². The molecule has 0 saturated carbocycles. The number of nitrogens with zero attached hydrogens (tertiary/aromatic N) is 2. The standard InChI is InChI=1S/C21H20N4O4/c26-20-12-24(8-7-22-20)13-21(27)25-16(18-6-3-9-28-18)11-15(23-25)19-10-14-4-1-2-5-17(14)29-19/h1-6,9-10,16H,7-8,11-13H2,(H,22,26)/p+1/t16-/m1/s1. The second kappa shape index (κ2) is 7.21. The minimum atomic E-state index is -0.321. The molecule has 0 aliphatic carbocycles. The molecule has 2 aliphatic heterocycles. The Morgan fingerprint density at radius 2 is 2.17 bits per heavy atom. The number of hydrazone groups is 1. The minimum Gasteiger partial charge on any atom is -0.467 e. The second-order valence-electron chi connectivity index (χ2n) is 7.37. The highest BCUT2D eigenvalue weighted by atomic mass is 16.3. The summed E-state index contributed by atoms with van der Waals surface area (Å²) in [4.78, 5) is 25.6. The van der Waals surface area contributed by atoms with E-state index in [4.69, 9.17) is 8.83 Å². The van der Waals surface area contributed by atoms with Crippen LogP contribution in [0.5, 0.6) is 0 Å². The third kappa shape index (κ3) is 3.42. The van der Waals surface area contributed by atoms with Gasteiger partial charge in [0.1, 0.15) is 23.1 Å². The number of nitrogens with one attached hydrogen (secondary N) is 2. The van der Waals surface area contributed by atoms with Gasteiger partial charge < -0.3 is 19.1 Å². The Balaban J connectivity index is 1.43. The summed E-state index contributed by atoms with van der Waals surface area (Å²) in [6, 6.07) is 13.0. The predicted octanol–water partition coefficient (Wildman–Crippen LogP) is 0.718. The largest absolute Gasteiger partial charge is 0.467 e. The van der Waals surface area contributed by atoms with Gasteiger partial charge in [0.2, 0.25) is 0 Å². The fourth-order valence-electron chi connectivity index (χ4n) is 3.92. The number of fused-ring (bicyclic) bond motifs is 1. The lowest BCUT2D eigenvalue weighted by atomic mass is 10.1. The second-order valence-corrected chi connectivity index (χ2v) is 7.37. The summed E-state index contributed by atoms with van der Waals surface area (Å²) in [6.45, 7) is 1.81. The van der Waals surface area contributed by atoms with Crippen molar-refractivity contribution >= 4 is 28.5 Å². The summed E-state index contributed by atoms with van der Waals surface area (Å²) in [5.41, 5.74) is 1.50. The SMILES string of the molecule is O=C1C[NH+](CC(=O)N2N=C(c3cc4ccccc4o3)C[C@@H]2c2ccco2)CCN1. The molecule has 8 heteroatoms. The Morgan fingerprint density at radius 1 is 1.28 bits per heavy atom. The van der Waals surface area contributed by atoms with Crippen molar-refractivity contribution in [3.63, 3.8) is 0 Å². The first-order valence-corrected chi connectivity index (χ1v) is 9.69. The Morgan fingerprint density at radius 3 is 2.97 bits per heavy atom. The third-order valence-electron chi connectivity index (χ3n) is 5.36. The minimum absolute atomic E-state index is 0.0328. The van der Waals surface area contributed by atoms with Crippen molar-refractivity contribution in [2.24, 2.45) is 5.10 Å². The lowest BCUT2D eigenvalue weighted by molar-refractivity contribution is -0.885. The average Bonchev–Trinajstić information content (AvgIpc) is 3.45. The molecular formula is C21H21N4O4+. The number of benzene rings is 1. The van der Waals surface area contributed by atoms with Crippen LogP contribution in [0.3, 0.4) is 0 Å². The highest BCUT2D eigenvalue weighted by Gasteiger charge is 2.37. The van der Waals surface area contributed by atoms with Crippen LogP contribution in [-0.4, -0.2) is 48.7 Å². The first-order chi connectivity index (χ1) is 14.2. The van der Waals surface area contributed by atoms with Gasteiger partial charge >= 0.3 is 0 Å². The van der Waals surface area contributed by atoms with Crippen LogP contribution in [0.15, 0.2) is 62.7 Å². The molecule has 1 unspecified atom stereocenters. The Labute approximate surface area is 166 Å². The monoisotopic (exact) mass is 393 g/mol. The maximum Gasteiger partial charge on any atom is 0.298 e. The lowest BCUT2D eigenvalue weighted by Gasteiger charge is -2.26. The molecule has 0 spiro atoms. The number of furan rings is 2. The van der Waals surface area contributed by atoms with Gasteiger partial charge in [-0.15, -0.1) is 0 Å². The van der Waals surface area contributed by atoms with Crippen LogP contribution >= 0.6 is 0 Å². The molecule has 0 radical (unpaired) electrons. The fourth-order valence-corrected chi connectivity index (χ4v) is 3.92. The lowest BCUT2D eigenvalue weighted by Crippen LogP contribution is -3.16. The summed E-state index contributed by atoms with van der Waals surface area (Å²) in [5, 5.41) is 9.88. The summed E-state index contributed by atoms with van der Waals surface area (Å²) < 4.78 is 11.5. The van der Waals surface area contributed by atoms with Gasteiger partial charge in [-0.05, 0) is 24.3 Å². The Hall–Kier alpha value is -3.39. The molecule has 29 heavy (non-hydrogen) atoms. The summed E-state index contributed by atoms with van der Waals surface area (Å²) in [5.74, 6) is 1.17. The quantitative estimate of drug-likeness (QED) is 0.683. The van der Waals surface area contributed by atoms with E-state index in [1.165, 1.54) is 5.01 Å².